The second-order valence-electron chi connectivity index (χ2n) is 3.50. The summed E-state index contributed by atoms with van der Waals surface area (Å²) in [5, 5.41) is 0.621. The van der Waals surface area contributed by atoms with Crippen LogP contribution >= 0.6 is 11.6 Å². The Morgan fingerprint density at radius 2 is 2.20 bits per heavy atom. The number of aryl methyl sites for hydroxylation is 1. The predicted molar refractivity (Wildman–Crippen MR) is 61.2 cm³/mol. The molecule has 0 bridgehead atoms. The molecule has 0 heterocycles. The van der Waals surface area contributed by atoms with Gasteiger partial charge in [0.1, 0.15) is 0 Å². The summed E-state index contributed by atoms with van der Waals surface area (Å²) in [7, 11) is 0. The van der Waals surface area contributed by atoms with Crippen molar-refractivity contribution >= 4 is 17.6 Å². The fourth-order valence-electron chi connectivity index (χ4n) is 1.38. The van der Waals surface area contributed by atoms with Gasteiger partial charge in [0, 0.05) is 5.02 Å². The van der Waals surface area contributed by atoms with E-state index in [4.69, 9.17) is 16.3 Å². The molecule has 15 heavy (non-hydrogen) atoms. The van der Waals surface area contributed by atoms with Crippen molar-refractivity contribution in [2.75, 3.05) is 6.61 Å². The molecule has 2 nitrogen and oxygen atoms in total. The molecule has 0 saturated carbocycles. The van der Waals surface area contributed by atoms with E-state index in [9.17, 15) is 4.79 Å². The average Bonchev–Trinajstić information content (AvgIpc) is 2.17. The van der Waals surface area contributed by atoms with Crippen LogP contribution in [0, 0.1) is 6.92 Å². The molecule has 1 aromatic rings. The van der Waals surface area contributed by atoms with Crippen LogP contribution in [0.5, 0.6) is 0 Å². The van der Waals surface area contributed by atoms with Crippen molar-refractivity contribution in [3.63, 3.8) is 0 Å². The molecule has 1 rings (SSSR count). The maximum absolute atomic E-state index is 11.5. The monoisotopic (exact) mass is 226 g/mol. The normalized spacial score (nSPS) is 12.3. The Morgan fingerprint density at radius 3 is 2.73 bits per heavy atom. The van der Waals surface area contributed by atoms with Crippen LogP contribution < -0.4 is 0 Å². The van der Waals surface area contributed by atoms with E-state index in [-0.39, 0.29) is 11.9 Å². The molecule has 82 valence electrons. The molecule has 0 saturated heterocycles. The molecule has 0 aliphatic carbocycles. The lowest BCUT2D eigenvalue weighted by atomic mass is 10.00. The first-order valence-corrected chi connectivity index (χ1v) is 5.36. The second kappa shape index (κ2) is 5.17. The largest absolute Gasteiger partial charge is 0.466 e. The lowest BCUT2D eigenvalue weighted by Gasteiger charge is -2.12. The number of carbonyl (C=O) groups is 1. The first kappa shape index (κ1) is 12.1. The molecule has 0 spiro atoms. The van der Waals surface area contributed by atoms with Crippen LogP contribution in [0.25, 0.3) is 0 Å². The third-order valence-corrected chi connectivity index (χ3v) is 2.59. The molecular weight excluding hydrogens is 212 g/mol. The Balaban J connectivity index is 2.91. The van der Waals surface area contributed by atoms with Gasteiger partial charge in [0.15, 0.2) is 0 Å². The van der Waals surface area contributed by atoms with E-state index in [1.54, 1.807) is 13.8 Å². The van der Waals surface area contributed by atoms with E-state index in [0.29, 0.717) is 11.6 Å². The van der Waals surface area contributed by atoms with Gasteiger partial charge in [-0.2, -0.15) is 0 Å². The standard InChI is InChI=1S/C12H15ClO2/c1-4-15-12(14)9(3)10-6-5-8(2)7-11(10)13/h5-7,9H,4H2,1-3H3. The predicted octanol–water partition coefficient (Wildman–Crippen LogP) is 3.32. The second-order valence-corrected chi connectivity index (χ2v) is 3.91. The van der Waals surface area contributed by atoms with Crippen molar-refractivity contribution in [3.8, 4) is 0 Å². The van der Waals surface area contributed by atoms with Crippen LogP contribution in [0.3, 0.4) is 0 Å². The summed E-state index contributed by atoms with van der Waals surface area (Å²) in [6.07, 6.45) is 0. The molecule has 3 heteroatoms. The minimum Gasteiger partial charge on any atom is -0.466 e. The molecule has 1 atom stereocenters. The highest BCUT2D eigenvalue weighted by molar-refractivity contribution is 6.31. The maximum Gasteiger partial charge on any atom is 0.313 e. The summed E-state index contributed by atoms with van der Waals surface area (Å²) < 4.78 is 4.95. The van der Waals surface area contributed by atoms with Crippen molar-refractivity contribution in [1.82, 2.24) is 0 Å². The van der Waals surface area contributed by atoms with Crippen molar-refractivity contribution in [1.29, 1.82) is 0 Å². The number of halogens is 1. The molecule has 0 fully saturated rings. The van der Waals surface area contributed by atoms with Gasteiger partial charge in [0.25, 0.3) is 0 Å². The first-order valence-electron chi connectivity index (χ1n) is 4.99. The van der Waals surface area contributed by atoms with E-state index in [2.05, 4.69) is 0 Å². The zero-order valence-corrected chi connectivity index (χ0v) is 9.97. The Labute approximate surface area is 95.2 Å². The smallest absolute Gasteiger partial charge is 0.313 e. The molecular formula is C12H15ClO2. The molecule has 0 N–H and O–H groups in total. The maximum atomic E-state index is 11.5. The van der Waals surface area contributed by atoms with Crippen LogP contribution in [0.15, 0.2) is 18.2 Å². The SMILES string of the molecule is CCOC(=O)C(C)c1ccc(C)cc1Cl. The number of hydrogen-bond acceptors (Lipinski definition) is 2. The van der Waals surface area contributed by atoms with Crippen LogP contribution in [-0.4, -0.2) is 12.6 Å². The zero-order chi connectivity index (χ0) is 11.4. The van der Waals surface area contributed by atoms with Gasteiger partial charge in [-0.05, 0) is 38.0 Å². The van der Waals surface area contributed by atoms with Gasteiger partial charge in [-0.25, -0.2) is 0 Å². The van der Waals surface area contributed by atoms with Crippen LogP contribution in [0.2, 0.25) is 5.02 Å². The van der Waals surface area contributed by atoms with E-state index in [1.807, 2.05) is 25.1 Å². The lowest BCUT2D eigenvalue weighted by Crippen LogP contribution is -2.13. The Kier molecular flexibility index (Phi) is 4.15. The Hall–Kier alpha value is -1.02. The molecule has 0 amide bonds. The zero-order valence-electron chi connectivity index (χ0n) is 9.21. The number of esters is 1. The molecule has 1 unspecified atom stereocenters. The Morgan fingerprint density at radius 1 is 1.53 bits per heavy atom. The van der Waals surface area contributed by atoms with Gasteiger partial charge < -0.3 is 4.74 Å². The number of carbonyl (C=O) groups excluding carboxylic acids is 1. The van der Waals surface area contributed by atoms with Gasteiger partial charge in [-0.3, -0.25) is 4.79 Å². The fraction of sp³-hybridized carbons (Fsp3) is 0.417. The third-order valence-electron chi connectivity index (χ3n) is 2.26. The molecule has 0 aromatic heterocycles. The molecule has 0 radical (unpaired) electrons. The summed E-state index contributed by atoms with van der Waals surface area (Å²) >= 11 is 6.06. The highest BCUT2D eigenvalue weighted by Gasteiger charge is 2.18. The molecule has 0 aliphatic heterocycles. The summed E-state index contributed by atoms with van der Waals surface area (Å²) in [4.78, 5) is 11.5. The third kappa shape index (κ3) is 2.96. The lowest BCUT2D eigenvalue weighted by molar-refractivity contribution is -0.144. The number of hydrogen-bond donors (Lipinski definition) is 0. The van der Waals surface area contributed by atoms with E-state index in [0.717, 1.165) is 11.1 Å². The minimum atomic E-state index is -0.307. The fourth-order valence-corrected chi connectivity index (χ4v) is 1.78. The van der Waals surface area contributed by atoms with Crippen LogP contribution in [0.1, 0.15) is 30.9 Å². The summed E-state index contributed by atoms with van der Waals surface area (Å²) in [5.41, 5.74) is 1.90. The van der Waals surface area contributed by atoms with E-state index >= 15 is 0 Å². The van der Waals surface area contributed by atoms with Gasteiger partial charge >= 0.3 is 5.97 Å². The number of rotatable bonds is 3. The van der Waals surface area contributed by atoms with Crippen molar-refractivity contribution in [3.05, 3.63) is 34.3 Å². The summed E-state index contributed by atoms with van der Waals surface area (Å²) in [6.45, 7) is 5.95. The van der Waals surface area contributed by atoms with Gasteiger partial charge in [-0.1, -0.05) is 23.7 Å². The van der Waals surface area contributed by atoms with Crippen LogP contribution in [0.4, 0.5) is 0 Å². The topological polar surface area (TPSA) is 26.3 Å². The van der Waals surface area contributed by atoms with Gasteiger partial charge in [0.2, 0.25) is 0 Å². The van der Waals surface area contributed by atoms with E-state index < -0.39 is 0 Å². The van der Waals surface area contributed by atoms with Crippen molar-refractivity contribution < 1.29 is 9.53 Å². The van der Waals surface area contributed by atoms with E-state index in [1.165, 1.54) is 0 Å². The quantitative estimate of drug-likeness (QED) is 0.740. The van der Waals surface area contributed by atoms with Gasteiger partial charge in [0.05, 0.1) is 12.5 Å². The van der Waals surface area contributed by atoms with Crippen molar-refractivity contribution in [2.45, 2.75) is 26.7 Å². The number of ether oxygens (including phenoxy) is 1. The highest BCUT2D eigenvalue weighted by Crippen LogP contribution is 2.26. The first-order chi connectivity index (χ1) is 7.06. The average molecular weight is 227 g/mol. The van der Waals surface area contributed by atoms with Crippen LogP contribution in [-0.2, 0) is 9.53 Å². The molecule has 1 aromatic carbocycles. The highest BCUT2D eigenvalue weighted by atomic mass is 35.5. The molecule has 0 aliphatic rings. The van der Waals surface area contributed by atoms with Gasteiger partial charge in [-0.15, -0.1) is 0 Å². The van der Waals surface area contributed by atoms with Crippen molar-refractivity contribution in [2.24, 2.45) is 0 Å². The summed E-state index contributed by atoms with van der Waals surface area (Å²) in [6, 6.07) is 5.67. The minimum absolute atomic E-state index is 0.233. The number of benzene rings is 1. The Bertz CT molecular complexity index is 361. The summed E-state index contributed by atoms with van der Waals surface area (Å²) in [5.74, 6) is -0.540.